The summed E-state index contributed by atoms with van der Waals surface area (Å²) >= 11 is 0. The van der Waals surface area contributed by atoms with E-state index in [0.717, 1.165) is 31.8 Å². The first-order valence-electron chi connectivity index (χ1n) is 7.35. The van der Waals surface area contributed by atoms with Gasteiger partial charge in [-0.15, -0.1) is 0 Å². The second-order valence-electron chi connectivity index (χ2n) is 5.07. The van der Waals surface area contributed by atoms with Crippen molar-refractivity contribution in [3.63, 3.8) is 0 Å². The van der Waals surface area contributed by atoms with Crippen molar-refractivity contribution in [2.24, 2.45) is 0 Å². The maximum atomic E-state index is 5.77. The third-order valence-electron chi connectivity index (χ3n) is 3.44. The molecule has 1 aromatic carbocycles. The van der Waals surface area contributed by atoms with Crippen LogP contribution in [0.3, 0.4) is 0 Å². The summed E-state index contributed by atoms with van der Waals surface area (Å²) in [4.78, 5) is 0. The molecule has 0 heterocycles. The summed E-state index contributed by atoms with van der Waals surface area (Å²) in [5, 5.41) is 3.37. The number of rotatable bonds is 9. The molecule has 0 radical (unpaired) electrons. The van der Waals surface area contributed by atoms with Crippen molar-refractivity contribution in [2.45, 2.75) is 44.8 Å². The predicted octanol–water partition coefficient (Wildman–Crippen LogP) is 3.31. The van der Waals surface area contributed by atoms with Gasteiger partial charge in [-0.3, -0.25) is 0 Å². The van der Waals surface area contributed by atoms with Crippen LogP contribution in [0.1, 0.15) is 44.2 Å². The smallest absolute Gasteiger partial charge is 0.119 e. The van der Waals surface area contributed by atoms with Crippen LogP contribution in [0.4, 0.5) is 0 Å². The molecule has 0 amide bonds. The third-order valence-corrected chi connectivity index (χ3v) is 3.44. The van der Waals surface area contributed by atoms with Crippen LogP contribution in [0.25, 0.3) is 0 Å². The van der Waals surface area contributed by atoms with Gasteiger partial charge in [0, 0.05) is 19.3 Å². The summed E-state index contributed by atoms with van der Waals surface area (Å²) in [6, 6.07) is 8.90. The van der Waals surface area contributed by atoms with Gasteiger partial charge >= 0.3 is 0 Å². The largest absolute Gasteiger partial charge is 0.490 e. The highest BCUT2D eigenvalue weighted by Crippen LogP contribution is 2.28. The van der Waals surface area contributed by atoms with Gasteiger partial charge in [0.25, 0.3) is 0 Å². The van der Waals surface area contributed by atoms with E-state index < -0.39 is 0 Å². The average Bonchev–Trinajstić information content (AvgIpc) is 3.24. The van der Waals surface area contributed by atoms with Crippen LogP contribution in [0.5, 0.6) is 5.75 Å². The first-order chi connectivity index (χ1) is 9.33. The van der Waals surface area contributed by atoms with Gasteiger partial charge in [-0.05, 0) is 57.4 Å². The lowest BCUT2D eigenvalue weighted by Gasteiger charge is -2.17. The Morgan fingerprint density at radius 3 is 2.58 bits per heavy atom. The number of hydrogen-bond donors (Lipinski definition) is 1. The van der Waals surface area contributed by atoms with E-state index in [1.54, 1.807) is 0 Å². The summed E-state index contributed by atoms with van der Waals surface area (Å²) in [5.41, 5.74) is 1.32. The van der Waals surface area contributed by atoms with Crippen LogP contribution in [0, 0.1) is 0 Å². The van der Waals surface area contributed by atoms with E-state index >= 15 is 0 Å². The molecule has 19 heavy (non-hydrogen) atoms. The minimum Gasteiger partial charge on any atom is -0.490 e. The highest BCUT2D eigenvalue weighted by molar-refractivity contribution is 5.29. The standard InChI is InChI=1S/C16H25NO2/c1-3-18-12-4-5-16(17-2)13-6-8-14(9-7-13)19-15-10-11-15/h6-9,15-17H,3-5,10-12H2,1-2H3. The van der Waals surface area contributed by atoms with E-state index in [-0.39, 0.29) is 0 Å². The van der Waals surface area contributed by atoms with Gasteiger partial charge in [-0.25, -0.2) is 0 Å². The molecule has 1 N–H and O–H groups in total. The Morgan fingerprint density at radius 1 is 1.26 bits per heavy atom. The second kappa shape index (κ2) is 7.51. The Morgan fingerprint density at radius 2 is 2.00 bits per heavy atom. The van der Waals surface area contributed by atoms with E-state index in [9.17, 15) is 0 Å². The normalized spacial score (nSPS) is 16.3. The van der Waals surface area contributed by atoms with Crippen molar-refractivity contribution in [3.8, 4) is 5.75 Å². The molecule has 3 nitrogen and oxygen atoms in total. The predicted molar refractivity (Wildman–Crippen MR) is 77.6 cm³/mol. The molecule has 0 aromatic heterocycles. The summed E-state index contributed by atoms with van der Waals surface area (Å²) in [6.07, 6.45) is 5.06. The number of hydrogen-bond acceptors (Lipinski definition) is 3. The van der Waals surface area contributed by atoms with Crippen molar-refractivity contribution < 1.29 is 9.47 Å². The van der Waals surface area contributed by atoms with Crippen LogP contribution in [-0.2, 0) is 4.74 Å². The summed E-state index contributed by atoms with van der Waals surface area (Å²) < 4.78 is 11.2. The monoisotopic (exact) mass is 263 g/mol. The lowest BCUT2D eigenvalue weighted by atomic mass is 10.0. The fourth-order valence-electron chi connectivity index (χ4n) is 2.17. The Balaban J connectivity index is 1.82. The molecule has 1 unspecified atom stereocenters. The summed E-state index contributed by atoms with van der Waals surface area (Å²) in [5.74, 6) is 0.996. The molecule has 0 spiro atoms. The minimum absolute atomic E-state index is 0.399. The summed E-state index contributed by atoms with van der Waals surface area (Å²) in [7, 11) is 2.01. The van der Waals surface area contributed by atoms with Crippen LogP contribution >= 0.6 is 0 Å². The Bertz CT molecular complexity index is 360. The first kappa shape index (κ1) is 14.4. The number of ether oxygens (including phenoxy) is 2. The maximum Gasteiger partial charge on any atom is 0.119 e. The molecule has 1 aliphatic carbocycles. The van der Waals surface area contributed by atoms with Gasteiger partial charge < -0.3 is 14.8 Å². The fourth-order valence-corrected chi connectivity index (χ4v) is 2.17. The van der Waals surface area contributed by atoms with Crippen molar-refractivity contribution in [2.75, 3.05) is 20.3 Å². The SMILES string of the molecule is CCOCCCC(NC)c1ccc(OC2CC2)cc1. The average molecular weight is 263 g/mol. The van der Waals surface area contributed by atoms with E-state index in [1.807, 2.05) is 14.0 Å². The van der Waals surface area contributed by atoms with Crippen molar-refractivity contribution >= 4 is 0 Å². The molecule has 106 valence electrons. The maximum absolute atomic E-state index is 5.77. The fraction of sp³-hybridized carbons (Fsp3) is 0.625. The van der Waals surface area contributed by atoms with E-state index in [4.69, 9.17) is 9.47 Å². The summed E-state index contributed by atoms with van der Waals surface area (Å²) in [6.45, 7) is 3.68. The van der Waals surface area contributed by atoms with Gasteiger partial charge in [0.15, 0.2) is 0 Å². The van der Waals surface area contributed by atoms with Crippen LogP contribution in [-0.4, -0.2) is 26.4 Å². The van der Waals surface area contributed by atoms with Gasteiger partial charge in [0.05, 0.1) is 6.10 Å². The highest BCUT2D eigenvalue weighted by Gasteiger charge is 2.23. The second-order valence-corrected chi connectivity index (χ2v) is 5.07. The topological polar surface area (TPSA) is 30.5 Å². The van der Waals surface area contributed by atoms with E-state index in [2.05, 4.69) is 29.6 Å². The lowest BCUT2D eigenvalue weighted by Crippen LogP contribution is -2.17. The Kier molecular flexibility index (Phi) is 5.67. The quantitative estimate of drug-likeness (QED) is 0.693. The Hall–Kier alpha value is -1.06. The molecular formula is C16H25NO2. The van der Waals surface area contributed by atoms with E-state index in [0.29, 0.717) is 12.1 Å². The van der Waals surface area contributed by atoms with Gasteiger partial charge in [0.1, 0.15) is 5.75 Å². The molecule has 1 aromatic rings. The zero-order valence-corrected chi connectivity index (χ0v) is 12.0. The van der Waals surface area contributed by atoms with Crippen molar-refractivity contribution in [3.05, 3.63) is 29.8 Å². The van der Waals surface area contributed by atoms with E-state index in [1.165, 1.54) is 18.4 Å². The Labute approximate surface area is 116 Å². The van der Waals surface area contributed by atoms with Crippen molar-refractivity contribution in [1.29, 1.82) is 0 Å². The molecule has 1 atom stereocenters. The first-order valence-corrected chi connectivity index (χ1v) is 7.35. The van der Waals surface area contributed by atoms with Crippen LogP contribution in [0.15, 0.2) is 24.3 Å². The minimum atomic E-state index is 0.399. The number of nitrogens with one attached hydrogen (secondary N) is 1. The molecule has 1 fully saturated rings. The molecule has 0 aliphatic heterocycles. The highest BCUT2D eigenvalue weighted by atomic mass is 16.5. The van der Waals surface area contributed by atoms with Gasteiger partial charge in [-0.1, -0.05) is 12.1 Å². The molecule has 0 bridgehead atoms. The zero-order chi connectivity index (χ0) is 13.5. The molecule has 1 saturated carbocycles. The van der Waals surface area contributed by atoms with Crippen LogP contribution in [0.2, 0.25) is 0 Å². The number of benzene rings is 1. The zero-order valence-electron chi connectivity index (χ0n) is 12.0. The molecule has 3 heteroatoms. The molecular weight excluding hydrogens is 238 g/mol. The molecule has 2 rings (SSSR count). The molecule has 0 saturated heterocycles. The lowest BCUT2D eigenvalue weighted by molar-refractivity contribution is 0.141. The van der Waals surface area contributed by atoms with Crippen LogP contribution < -0.4 is 10.1 Å². The van der Waals surface area contributed by atoms with Crippen molar-refractivity contribution in [1.82, 2.24) is 5.32 Å². The molecule has 1 aliphatic rings. The van der Waals surface area contributed by atoms with Gasteiger partial charge in [0.2, 0.25) is 0 Å². The van der Waals surface area contributed by atoms with Gasteiger partial charge in [-0.2, -0.15) is 0 Å². The third kappa shape index (κ3) is 4.84.